The molecule has 0 saturated heterocycles. The summed E-state index contributed by atoms with van der Waals surface area (Å²) in [6.07, 6.45) is 7.51. The Balaban J connectivity index is 1.43. The number of esters is 1. The molecule has 178 valence electrons. The van der Waals surface area contributed by atoms with Crippen molar-refractivity contribution in [3.63, 3.8) is 0 Å². The Labute approximate surface area is 198 Å². The van der Waals surface area contributed by atoms with Crippen molar-refractivity contribution < 1.29 is 28.8 Å². The van der Waals surface area contributed by atoms with Crippen LogP contribution in [0.4, 0.5) is 0 Å². The van der Waals surface area contributed by atoms with Gasteiger partial charge in [-0.3, -0.25) is 4.99 Å². The molecule has 1 unspecified atom stereocenters. The summed E-state index contributed by atoms with van der Waals surface area (Å²) >= 11 is 0. The predicted molar refractivity (Wildman–Crippen MR) is 127 cm³/mol. The van der Waals surface area contributed by atoms with Crippen molar-refractivity contribution >= 4 is 17.8 Å². The van der Waals surface area contributed by atoms with Gasteiger partial charge in [0.05, 0.1) is 35.7 Å². The Morgan fingerprint density at radius 3 is 2.97 bits per heavy atom. The average Bonchev–Trinajstić information content (AvgIpc) is 3.49. The Bertz CT molecular complexity index is 1180. The number of carbonyl (C=O) groups is 1. The van der Waals surface area contributed by atoms with Crippen LogP contribution >= 0.6 is 0 Å². The highest BCUT2D eigenvalue weighted by Gasteiger charge is 2.39. The minimum atomic E-state index is -1.05. The van der Waals surface area contributed by atoms with Gasteiger partial charge in [-0.15, -0.1) is 0 Å². The minimum absolute atomic E-state index is 0.0612. The molecule has 1 aromatic rings. The Morgan fingerprint density at radius 2 is 2.21 bits per heavy atom. The van der Waals surface area contributed by atoms with E-state index in [9.17, 15) is 9.90 Å². The molecule has 0 amide bonds. The van der Waals surface area contributed by atoms with Crippen LogP contribution in [-0.2, 0) is 16.0 Å². The number of carbonyl (C=O) groups excluding carboxylic acids is 1. The van der Waals surface area contributed by atoms with E-state index in [1.165, 1.54) is 0 Å². The van der Waals surface area contributed by atoms with E-state index in [0.29, 0.717) is 48.0 Å². The number of rotatable bonds is 7. The van der Waals surface area contributed by atoms with Crippen LogP contribution in [0.25, 0.3) is 5.57 Å². The van der Waals surface area contributed by atoms with E-state index in [1.807, 2.05) is 6.08 Å². The molecule has 8 nitrogen and oxygen atoms in total. The fourth-order valence-electron chi connectivity index (χ4n) is 4.48. The minimum Gasteiger partial charge on any atom is -0.491 e. The van der Waals surface area contributed by atoms with Crippen molar-refractivity contribution in [2.75, 3.05) is 26.3 Å². The van der Waals surface area contributed by atoms with Gasteiger partial charge in [0.1, 0.15) is 30.0 Å². The molecule has 4 aliphatic rings. The summed E-state index contributed by atoms with van der Waals surface area (Å²) in [4.78, 5) is 18.8. The van der Waals surface area contributed by atoms with Crippen LogP contribution in [0.3, 0.4) is 0 Å². The second kappa shape index (κ2) is 8.36. The Morgan fingerprint density at radius 1 is 1.38 bits per heavy atom. The molecule has 4 aliphatic heterocycles. The molecule has 0 bridgehead atoms. The molecule has 5 rings (SSSR count). The van der Waals surface area contributed by atoms with Gasteiger partial charge < -0.3 is 29.0 Å². The van der Waals surface area contributed by atoms with Gasteiger partial charge in [-0.25, -0.2) is 4.79 Å². The summed E-state index contributed by atoms with van der Waals surface area (Å²) in [5.74, 6) is 1.09. The zero-order valence-corrected chi connectivity index (χ0v) is 19.6. The molecule has 1 N–H and O–H groups in total. The number of aliphatic hydroxyl groups is 1. The maximum absolute atomic E-state index is 12.3. The first-order valence-corrected chi connectivity index (χ1v) is 11.4. The molecule has 0 saturated carbocycles. The first-order valence-electron chi connectivity index (χ1n) is 11.4. The van der Waals surface area contributed by atoms with Crippen LogP contribution in [-0.4, -0.2) is 60.2 Å². The number of hydrogen-bond donors (Lipinski definition) is 1. The predicted octanol–water partition coefficient (Wildman–Crippen LogP) is 3.16. The monoisotopic (exact) mass is 464 g/mol. The number of ether oxygens (including phenoxy) is 4. The van der Waals surface area contributed by atoms with Crippen LogP contribution < -0.4 is 14.2 Å². The largest absolute Gasteiger partial charge is 0.491 e. The first kappa shape index (κ1) is 22.3. The van der Waals surface area contributed by atoms with E-state index >= 15 is 0 Å². The number of aliphatic imine (C=N–C) groups is 1. The summed E-state index contributed by atoms with van der Waals surface area (Å²) < 4.78 is 23.4. The number of nitrogens with zero attached hydrogens (tertiary/aromatic N) is 2. The standard InChI is InChI=1S/C26H28N2O6/c1-5-31-25(29)21-12-15(2)23-20(33-21)14-19-16(13-22(34-19)26(3,4)30)24(23)32-11-10-28-9-7-17-18(28)6-8-27-17/h6-8,12,14,22,30H,2,5,9-11,13H2,1,3-4H3. The van der Waals surface area contributed by atoms with Gasteiger partial charge in [0.15, 0.2) is 0 Å². The summed E-state index contributed by atoms with van der Waals surface area (Å²) in [6.45, 7) is 11.4. The highest BCUT2D eigenvalue weighted by Crippen LogP contribution is 2.49. The van der Waals surface area contributed by atoms with Gasteiger partial charge in [0.25, 0.3) is 0 Å². The molecule has 0 fully saturated rings. The van der Waals surface area contributed by atoms with E-state index < -0.39 is 17.7 Å². The van der Waals surface area contributed by atoms with Crippen LogP contribution in [0.1, 0.15) is 31.9 Å². The molecule has 1 atom stereocenters. The quantitative estimate of drug-likeness (QED) is 0.620. The van der Waals surface area contributed by atoms with E-state index in [2.05, 4.69) is 22.5 Å². The first-order chi connectivity index (χ1) is 16.3. The van der Waals surface area contributed by atoms with Crippen LogP contribution in [0, 0.1) is 0 Å². The van der Waals surface area contributed by atoms with Gasteiger partial charge in [-0.2, -0.15) is 0 Å². The van der Waals surface area contributed by atoms with Crippen LogP contribution in [0.15, 0.2) is 53.0 Å². The lowest BCUT2D eigenvalue weighted by Gasteiger charge is -2.24. The molecule has 0 spiro atoms. The summed E-state index contributed by atoms with van der Waals surface area (Å²) in [5.41, 5.74) is 3.17. The number of hydrogen-bond acceptors (Lipinski definition) is 8. The van der Waals surface area contributed by atoms with Gasteiger partial charge in [0, 0.05) is 30.8 Å². The van der Waals surface area contributed by atoms with Crippen LogP contribution in [0.2, 0.25) is 0 Å². The maximum Gasteiger partial charge on any atom is 0.374 e. The van der Waals surface area contributed by atoms with Crippen molar-refractivity contribution in [2.24, 2.45) is 4.99 Å². The Hall–Kier alpha value is -3.52. The SMILES string of the molecule is C=C1C=C(C(=O)OCC)Oc2cc3c(c(OCCN4CC=C5N=CC=C54)c21)CC(C(C)(C)O)O3. The van der Waals surface area contributed by atoms with Crippen molar-refractivity contribution in [1.82, 2.24) is 4.90 Å². The fraction of sp³-hybridized carbons (Fsp3) is 0.385. The second-order valence-corrected chi connectivity index (χ2v) is 9.09. The highest BCUT2D eigenvalue weighted by molar-refractivity contribution is 5.95. The zero-order chi connectivity index (χ0) is 24.0. The lowest BCUT2D eigenvalue weighted by molar-refractivity contribution is -0.141. The normalized spacial score (nSPS) is 20.0. The molecular formula is C26H28N2O6. The zero-order valence-electron chi connectivity index (χ0n) is 19.6. The Kier molecular flexibility index (Phi) is 5.48. The number of benzene rings is 1. The molecule has 34 heavy (non-hydrogen) atoms. The van der Waals surface area contributed by atoms with E-state index in [4.69, 9.17) is 18.9 Å². The van der Waals surface area contributed by atoms with Gasteiger partial charge in [-0.05, 0) is 44.6 Å². The van der Waals surface area contributed by atoms with Gasteiger partial charge in [0.2, 0.25) is 5.76 Å². The van der Waals surface area contributed by atoms with Crippen LogP contribution in [0.5, 0.6) is 17.2 Å². The second-order valence-electron chi connectivity index (χ2n) is 9.09. The summed E-state index contributed by atoms with van der Waals surface area (Å²) in [5, 5.41) is 10.6. The lowest BCUT2D eigenvalue weighted by Crippen LogP contribution is -2.39. The number of fused-ring (bicyclic) bond motifs is 3. The molecule has 1 aromatic carbocycles. The molecule has 0 radical (unpaired) electrons. The van der Waals surface area contributed by atoms with E-state index in [1.54, 1.807) is 39.1 Å². The van der Waals surface area contributed by atoms with Crippen molar-refractivity contribution in [3.05, 3.63) is 59.2 Å². The topological polar surface area (TPSA) is 89.8 Å². The molecule has 8 heteroatoms. The smallest absolute Gasteiger partial charge is 0.374 e. The molecule has 0 aliphatic carbocycles. The third kappa shape index (κ3) is 3.88. The lowest BCUT2D eigenvalue weighted by atomic mass is 9.93. The summed E-state index contributed by atoms with van der Waals surface area (Å²) in [6, 6.07) is 1.73. The third-order valence-electron chi connectivity index (χ3n) is 6.24. The maximum atomic E-state index is 12.3. The summed E-state index contributed by atoms with van der Waals surface area (Å²) in [7, 11) is 0. The van der Waals surface area contributed by atoms with E-state index in [0.717, 1.165) is 23.5 Å². The number of allylic oxidation sites excluding steroid dienone is 3. The molecule has 4 heterocycles. The van der Waals surface area contributed by atoms with Crippen molar-refractivity contribution in [1.29, 1.82) is 0 Å². The molecule has 0 aromatic heterocycles. The fourth-order valence-corrected chi connectivity index (χ4v) is 4.48. The van der Waals surface area contributed by atoms with Gasteiger partial charge >= 0.3 is 5.97 Å². The van der Waals surface area contributed by atoms with Crippen molar-refractivity contribution in [3.8, 4) is 17.2 Å². The highest BCUT2D eigenvalue weighted by atomic mass is 16.6. The van der Waals surface area contributed by atoms with Crippen molar-refractivity contribution in [2.45, 2.75) is 38.9 Å². The van der Waals surface area contributed by atoms with E-state index in [-0.39, 0.29) is 12.4 Å². The average molecular weight is 465 g/mol. The van der Waals surface area contributed by atoms with Gasteiger partial charge in [-0.1, -0.05) is 6.58 Å². The third-order valence-corrected chi connectivity index (χ3v) is 6.24. The molecular weight excluding hydrogens is 436 g/mol.